The van der Waals surface area contributed by atoms with Gasteiger partial charge in [-0.1, -0.05) is 18.2 Å². The summed E-state index contributed by atoms with van der Waals surface area (Å²) in [6.07, 6.45) is 0. The number of nitrogens with two attached hydrogens (primary N) is 1. The molecule has 0 aliphatic heterocycles. The second-order valence-corrected chi connectivity index (χ2v) is 4.40. The Labute approximate surface area is 82.2 Å². The number of benzene rings is 1. The molecular weight excluding hydrogens is 202 g/mol. The molecule has 0 aliphatic rings. The second-order valence-electron chi connectivity index (χ2n) is 2.65. The van der Waals surface area contributed by atoms with Crippen LogP contribution in [0.5, 0.6) is 0 Å². The molecule has 0 saturated heterocycles. The molecule has 3 N–H and O–H groups in total. The fourth-order valence-corrected chi connectivity index (χ4v) is 1.75. The van der Waals surface area contributed by atoms with Gasteiger partial charge < -0.3 is 0 Å². The lowest BCUT2D eigenvalue weighted by atomic mass is 10.1. The van der Waals surface area contributed by atoms with Crippen LogP contribution in [-0.4, -0.2) is 8.42 Å². The van der Waals surface area contributed by atoms with Crippen molar-refractivity contribution in [3.63, 3.8) is 0 Å². The Morgan fingerprint density at radius 1 is 1.43 bits per heavy atom. The molecule has 1 aromatic rings. The van der Waals surface area contributed by atoms with Crippen molar-refractivity contribution in [3.8, 4) is 6.07 Å². The first-order chi connectivity index (χ1) is 6.59. The van der Waals surface area contributed by atoms with E-state index in [2.05, 4.69) is 0 Å². The van der Waals surface area contributed by atoms with E-state index >= 15 is 0 Å². The minimum Gasteiger partial charge on any atom is -0.258 e. The van der Waals surface area contributed by atoms with Gasteiger partial charge in [-0.2, -0.15) is 10.1 Å². The number of rotatable bonds is 3. The summed E-state index contributed by atoms with van der Waals surface area (Å²) in [5, 5.41) is 8.69. The van der Waals surface area contributed by atoms with Crippen LogP contribution in [0.15, 0.2) is 24.3 Å². The zero-order chi connectivity index (χ0) is 10.6. The van der Waals surface area contributed by atoms with Gasteiger partial charge in [0.15, 0.2) is 0 Å². The highest BCUT2D eigenvalue weighted by Crippen LogP contribution is 2.10. The summed E-state index contributed by atoms with van der Waals surface area (Å²) in [4.78, 5) is 1.70. The molecule has 0 amide bonds. The largest absolute Gasteiger partial charge is 0.258 e. The number of sulfonamides is 1. The van der Waals surface area contributed by atoms with Crippen LogP contribution in [0.1, 0.15) is 11.1 Å². The lowest BCUT2D eigenvalue weighted by Crippen LogP contribution is -2.31. The summed E-state index contributed by atoms with van der Waals surface area (Å²) in [6, 6.07) is 8.38. The maximum atomic E-state index is 11.1. The molecule has 0 unspecified atom stereocenters. The molecule has 1 rings (SSSR count). The van der Waals surface area contributed by atoms with Gasteiger partial charge >= 0.3 is 0 Å². The Morgan fingerprint density at radius 2 is 2.07 bits per heavy atom. The van der Waals surface area contributed by atoms with E-state index in [1.165, 1.54) is 0 Å². The fourth-order valence-electron chi connectivity index (χ4n) is 1.00. The number of nitriles is 1. The minimum atomic E-state index is -3.53. The lowest BCUT2D eigenvalue weighted by molar-refractivity contribution is 0.583. The maximum absolute atomic E-state index is 11.1. The molecule has 0 heterocycles. The van der Waals surface area contributed by atoms with Gasteiger partial charge in [-0.05, 0) is 11.6 Å². The minimum absolute atomic E-state index is 0.284. The van der Waals surface area contributed by atoms with Gasteiger partial charge in [-0.25, -0.2) is 8.42 Å². The first-order valence-electron chi connectivity index (χ1n) is 3.77. The Morgan fingerprint density at radius 3 is 2.64 bits per heavy atom. The predicted octanol–water partition coefficient (Wildman–Crippen LogP) is -0.149. The van der Waals surface area contributed by atoms with Crippen LogP contribution in [0.2, 0.25) is 0 Å². The van der Waals surface area contributed by atoms with Crippen molar-refractivity contribution >= 4 is 10.0 Å². The SMILES string of the molecule is N#Cc1ccccc1CS(=O)(=O)NN. The van der Waals surface area contributed by atoms with Crippen LogP contribution < -0.4 is 10.7 Å². The Hall–Kier alpha value is -1.42. The first-order valence-corrected chi connectivity index (χ1v) is 5.42. The van der Waals surface area contributed by atoms with E-state index in [4.69, 9.17) is 11.1 Å². The van der Waals surface area contributed by atoms with Gasteiger partial charge in [0.1, 0.15) is 0 Å². The molecule has 0 bridgehead atoms. The topological polar surface area (TPSA) is 96.0 Å². The third-order valence-corrected chi connectivity index (χ3v) is 2.71. The maximum Gasteiger partial charge on any atom is 0.228 e. The normalized spacial score (nSPS) is 10.9. The number of nitrogens with zero attached hydrogens (tertiary/aromatic N) is 1. The molecule has 0 radical (unpaired) electrons. The summed E-state index contributed by atoms with van der Waals surface area (Å²) >= 11 is 0. The molecule has 0 aromatic heterocycles. The average Bonchev–Trinajstić information content (AvgIpc) is 2.18. The van der Waals surface area contributed by atoms with E-state index in [0.717, 1.165) is 0 Å². The van der Waals surface area contributed by atoms with Crippen molar-refractivity contribution < 1.29 is 8.42 Å². The van der Waals surface area contributed by atoms with E-state index < -0.39 is 10.0 Å². The quantitative estimate of drug-likeness (QED) is 0.537. The third kappa shape index (κ3) is 2.53. The van der Waals surface area contributed by atoms with Gasteiger partial charge in [-0.3, -0.25) is 5.84 Å². The zero-order valence-electron chi connectivity index (χ0n) is 7.27. The Bertz CT molecular complexity index is 462. The molecule has 14 heavy (non-hydrogen) atoms. The summed E-state index contributed by atoms with van der Waals surface area (Å²) in [5.74, 6) is 4.54. The predicted molar refractivity (Wildman–Crippen MR) is 51.1 cm³/mol. The van der Waals surface area contributed by atoms with Gasteiger partial charge in [0.25, 0.3) is 0 Å². The number of hydrogen-bond donors (Lipinski definition) is 2. The highest BCUT2D eigenvalue weighted by molar-refractivity contribution is 7.88. The summed E-state index contributed by atoms with van der Waals surface area (Å²) in [5.41, 5.74) is 0.777. The lowest BCUT2D eigenvalue weighted by Gasteiger charge is -2.03. The highest BCUT2D eigenvalue weighted by atomic mass is 32.2. The monoisotopic (exact) mass is 211 g/mol. The van der Waals surface area contributed by atoms with Crippen LogP contribution in [0.4, 0.5) is 0 Å². The van der Waals surface area contributed by atoms with E-state index in [1.54, 1.807) is 29.1 Å². The van der Waals surface area contributed by atoms with Crippen LogP contribution in [0.25, 0.3) is 0 Å². The van der Waals surface area contributed by atoms with E-state index in [1.807, 2.05) is 6.07 Å². The Kier molecular flexibility index (Phi) is 3.19. The molecule has 0 fully saturated rings. The van der Waals surface area contributed by atoms with Crippen LogP contribution in [-0.2, 0) is 15.8 Å². The fraction of sp³-hybridized carbons (Fsp3) is 0.125. The van der Waals surface area contributed by atoms with Gasteiger partial charge in [0.2, 0.25) is 10.0 Å². The number of nitrogens with one attached hydrogen (secondary N) is 1. The van der Waals surface area contributed by atoms with Crippen molar-refractivity contribution in [1.29, 1.82) is 5.26 Å². The zero-order valence-corrected chi connectivity index (χ0v) is 8.08. The van der Waals surface area contributed by atoms with Crippen LogP contribution >= 0.6 is 0 Å². The second kappa shape index (κ2) is 4.19. The van der Waals surface area contributed by atoms with Gasteiger partial charge in [0, 0.05) is 0 Å². The van der Waals surface area contributed by atoms with Crippen molar-refractivity contribution in [1.82, 2.24) is 4.83 Å². The summed E-state index contributed by atoms with van der Waals surface area (Å²) in [6.45, 7) is 0. The van der Waals surface area contributed by atoms with Crippen molar-refractivity contribution in [3.05, 3.63) is 35.4 Å². The van der Waals surface area contributed by atoms with Crippen molar-refractivity contribution in [2.75, 3.05) is 0 Å². The number of hydrogen-bond acceptors (Lipinski definition) is 4. The van der Waals surface area contributed by atoms with Crippen molar-refractivity contribution in [2.24, 2.45) is 5.84 Å². The van der Waals surface area contributed by atoms with Crippen LogP contribution in [0.3, 0.4) is 0 Å². The van der Waals surface area contributed by atoms with E-state index in [9.17, 15) is 8.42 Å². The summed E-state index contributed by atoms with van der Waals surface area (Å²) in [7, 11) is -3.53. The molecule has 5 nitrogen and oxygen atoms in total. The van der Waals surface area contributed by atoms with Gasteiger partial charge in [-0.15, -0.1) is 0 Å². The molecule has 0 saturated carbocycles. The first kappa shape index (κ1) is 10.7. The smallest absolute Gasteiger partial charge is 0.228 e. The van der Waals surface area contributed by atoms with Gasteiger partial charge in [0.05, 0.1) is 17.4 Å². The summed E-state index contributed by atoms with van der Waals surface area (Å²) < 4.78 is 22.2. The Balaban J connectivity index is 3.05. The van der Waals surface area contributed by atoms with Crippen LogP contribution in [0, 0.1) is 11.3 Å². The van der Waals surface area contributed by atoms with Crippen molar-refractivity contribution in [2.45, 2.75) is 5.75 Å². The van der Waals surface area contributed by atoms with E-state index in [-0.39, 0.29) is 5.75 Å². The molecule has 6 heteroatoms. The number of hydrazine groups is 1. The highest BCUT2D eigenvalue weighted by Gasteiger charge is 2.11. The molecule has 0 aliphatic carbocycles. The molecule has 0 spiro atoms. The molecule has 74 valence electrons. The standard InChI is InChI=1S/C8H9N3O2S/c9-5-7-3-1-2-4-8(7)6-14(12,13)11-10/h1-4,11H,6,10H2. The van der Waals surface area contributed by atoms with E-state index in [0.29, 0.717) is 11.1 Å². The third-order valence-electron chi connectivity index (χ3n) is 1.66. The average molecular weight is 211 g/mol. The molecular formula is C8H9N3O2S. The molecule has 0 atom stereocenters. The molecule has 1 aromatic carbocycles.